The highest BCUT2D eigenvalue weighted by molar-refractivity contribution is 5.77. The summed E-state index contributed by atoms with van der Waals surface area (Å²) in [5.74, 6) is -0.577. The van der Waals surface area contributed by atoms with Crippen molar-refractivity contribution in [1.29, 1.82) is 0 Å². The van der Waals surface area contributed by atoms with Crippen LogP contribution in [0.15, 0.2) is 30.3 Å². The summed E-state index contributed by atoms with van der Waals surface area (Å²) in [5, 5.41) is 9.73. The van der Waals surface area contributed by atoms with E-state index in [1.807, 2.05) is 30.3 Å². The fraction of sp³-hybridized carbons (Fsp3) is 0.682. The van der Waals surface area contributed by atoms with Crippen molar-refractivity contribution in [3.05, 3.63) is 35.9 Å². The molecule has 0 radical (unpaired) electrons. The predicted molar refractivity (Wildman–Crippen MR) is 103 cm³/mol. The fourth-order valence-electron chi connectivity index (χ4n) is 4.03. The molecule has 1 saturated carbocycles. The molecule has 2 aliphatic rings. The number of benzene rings is 1. The number of ether oxygens (including phenoxy) is 3. The summed E-state index contributed by atoms with van der Waals surface area (Å²) < 4.78 is 17.8. The summed E-state index contributed by atoms with van der Waals surface area (Å²) >= 11 is 0. The monoisotopic (exact) mass is 376 g/mol. The highest BCUT2D eigenvalue weighted by Gasteiger charge is 2.36. The first-order valence-corrected chi connectivity index (χ1v) is 10.2. The van der Waals surface area contributed by atoms with Crippen LogP contribution in [-0.4, -0.2) is 42.3 Å². The zero-order chi connectivity index (χ0) is 19.1. The van der Waals surface area contributed by atoms with Crippen molar-refractivity contribution in [2.45, 2.75) is 76.3 Å². The molecular formula is C22H32O5. The van der Waals surface area contributed by atoms with Gasteiger partial charge in [0.05, 0.1) is 12.7 Å². The van der Waals surface area contributed by atoms with Crippen molar-refractivity contribution in [1.82, 2.24) is 0 Å². The Bertz CT molecular complexity index is 584. The molecule has 1 aliphatic carbocycles. The Morgan fingerprint density at radius 3 is 2.70 bits per heavy atom. The third-order valence-corrected chi connectivity index (χ3v) is 5.69. The Hall–Kier alpha value is -1.43. The lowest BCUT2D eigenvalue weighted by atomic mass is 9.87. The lowest BCUT2D eigenvalue weighted by Gasteiger charge is -2.34. The average molecular weight is 376 g/mol. The SMILES string of the molecule is CC(Cc1ccccc1)(OCC1CCC[C@H](OC2CCCCO2)C1)C(=O)O. The molecule has 27 heavy (non-hydrogen) atoms. The maximum absolute atomic E-state index is 11.9. The van der Waals surface area contributed by atoms with Gasteiger partial charge in [0.15, 0.2) is 11.9 Å². The van der Waals surface area contributed by atoms with E-state index in [2.05, 4.69) is 0 Å². The molecule has 2 fully saturated rings. The molecule has 0 bridgehead atoms. The van der Waals surface area contributed by atoms with Crippen LogP contribution in [0.5, 0.6) is 0 Å². The van der Waals surface area contributed by atoms with Gasteiger partial charge >= 0.3 is 5.97 Å². The number of carboxylic acid groups (broad SMARTS) is 1. The van der Waals surface area contributed by atoms with Gasteiger partial charge in [0.2, 0.25) is 0 Å². The number of aliphatic carboxylic acids is 1. The summed E-state index contributed by atoms with van der Waals surface area (Å²) in [4.78, 5) is 11.9. The molecule has 1 saturated heterocycles. The molecule has 1 aromatic carbocycles. The number of carbonyl (C=O) groups is 1. The zero-order valence-electron chi connectivity index (χ0n) is 16.3. The van der Waals surface area contributed by atoms with E-state index in [9.17, 15) is 9.90 Å². The van der Waals surface area contributed by atoms with Crippen LogP contribution in [0.4, 0.5) is 0 Å². The van der Waals surface area contributed by atoms with Crippen LogP contribution in [-0.2, 0) is 25.4 Å². The molecule has 1 aliphatic heterocycles. The Balaban J connectivity index is 1.51. The third-order valence-electron chi connectivity index (χ3n) is 5.69. The van der Waals surface area contributed by atoms with E-state index in [1.54, 1.807) is 6.92 Å². The fourth-order valence-corrected chi connectivity index (χ4v) is 4.03. The molecule has 5 nitrogen and oxygen atoms in total. The Labute approximate surface area is 162 Å². The standard InChI is InChI=1S/C22H32O5/c1-22(21(23)24,15-17-8-3-2-4-9-17)26-16-18-10-7-11-19(14-18)27-20-12-5-6-13-25-20/h2-4,8-9,18-20H,5-7,10-16H2,1H3,(H,23,24)/t18?,19-,20?,22?/m0/s1. The molecule has 5 heteroatoms. The van der Waals surface area contributed by atoms with Crippen LogP contribution in [0.25, 0.3) is 0 Å². The summed E-state index contributed by atoms with van der Waals surface area (Å²) in [7, 11) is 0. The quantitative estimate of drug-likeness (QED) is 0.737. The van der Waals surface area contributed by atoms with Crippen LogP contribution < -0.4 is 0 Å². The maximum Gasteiger partial charge on any atom is 0.336 e. The second-order valence-electron chi connectivity index (χ2n) is 8.10. The van der Waals surface area contributed by atoms with Crippen LogP contribution >= 0.6 is 0 Å². The van der Waals surface area contributed by atoms with Crippen molar-refractivity contribution in [2.75, 3.05) is 13.2 Å². The largest absolute Gasteiger partial charge is 0.479 e. The maximum atomic E-state index is 11.9. The third kappa shape index (κ3) is 6.03. The summed E-state index contributed by atoms with van der Waals surface area (Å²) in [5.41, 5.74) is -0.233. The first kappa shape index (κ1) is 20.3. The second-order valence-corrected chi connectivity index (χ2v) is 8.10. The number of rotatable bonds is 8. The smallest absolute Gasteiger partial charge is 0.336 e. The normalized spacial score (nSPS) is 28.4. The van der Waals surface area contributed by atoms with Crippen molar-refractivity contribution in [3.63, 3.8) is 0 Å². The predicted octanol–water partition coefficient (Wildman–Crippen LogP) is 4.19. The van der Waals surface area contributed by atoms with Crippen LogP contribution in [0.3, 0.4) is 0 Å². The molecule has 3 unspecified atom stereocenters. The molecule has 150 valence electrons. The Morgan fingerprint density at radius 2 is 2.00 bits per heavy atom. The van der Waals surface area contributed by atoms with Gasteiger partial charge in [0.1, 0.15) is 0 Å². The van der Waals surface area contributed by atoms with E-state index in [-0.39, 0.29) is 12.4 Å². The van der Waals surface area contributed by atoms with Gasteiger partial charge in [-0.1, -0.05) is 36.8 Å². The molecule has 0 spiro atoms. The van der Waals surface area contributed by atoms with Gasteiger partial charge < -0.3 is 19.3 Å². The van der Waals surface area contributed by atoms with Crippen molar-refractivity contribution in [3.8, 4) is 0 Å². The summed E-state index contributed by atoms with van der Waals surface area (Å²) in [6, 6.07) is 9.67. The highest BCUT2D eigenvalue weighted by atomic mass is 16.7. The van der Waals surface area contributed by atoms with E-state index in [4.69, 9.17) is 14.2 Å². The molecule has 0 amide bonds. The van der Waals surface area contributed by atoms with Crippen molar-refractivity contribution >= 4 is 5.97 Å². The van der Waals surface area contributed by atoms with E-state index < -0.39 is 11.6 Å². The first-order chi connectivity index (χ1) is 13.0. The topological polar surface area (TPSA) is 65.0 Å². The van der Waals surface area contributed by atoms with E-state index >= 15 is 0 Å². The van der Waals surface area contributed by atoms with Gasteiger partial charge in [-0.05, 0) is 56.9 Å². The number of carboxylic acids is 1. The van der Waals surface area contributed by atoms with Crippen molar-refractivity contribution < 1.29 is 24.1 Å². The Kier molecular flexibility index (Phi) is 7.27. The van der Waals surface area contributed by atoms with Gasteiger partial charge in [-0.3, -0.25) is 0 Å². The molecular weight excluding hydrogens is 344 g/mol. The van der Waals surface area contributed by atoms with E-state index in [0.717, 1.165) is 50.7 Å². The van der Waals surface area contributed by atoms with Crippen LogP contribution in [0.2, 0.25) is 0 Å². The minimum absolute atomic E-state index is 0.0641. The lowest BCUT2D eigenvalue weighted by molar-refractivity contribution is -0.198. The zero-order valence-corrected chi connectivity index (χ0v) is 16.3. The highest BCUT2D eigenvalue weighted by Crippen LogP contribution is 2.30. The molecule has 1 N–H and O–H groups in total. The lowest BCUT2D eigenvalue weighted by Crippen LogP contribution is -2.42. The minimum Gasteiger partial charge on any atom is -0.479 e. The molecule has 0 aromatic heterocycles. The van der Waals surface area contributed by atoms with Crippen LogP contribution in [0.1, 0.15) is 57.4 Å². The molecule has 1 heterocycles. The first-order valence-electron chi connectivity index (χ1n) is 10.2. The summed E-state index contributed by atoms with van der Waals surface area (Å²) in [6.45, 7) is 2.93. The van der Waals surface area contributed by atoms with E-state index in [0.29, 0.717) is 18.9 Å². The minimum atomic E-state index is -1.21. The van der Waals surface area contributed by atoms with Gasteiger partial charge in [-0.2, -0.15) is 0 Å². The molecule has 3 rings (SSSR count). The summed E-state index contributed by atoms with van der Waals surface area (Å²) in [6.07, 6.45) is 7.89. The van der Waals surface area contributed by atoms with E-state index in [1.165, 1.54) is 6.42 Å². The van der Waals surface area contributed by atoms with Crippen LogP contribution in [0, 0.1) is 5.92 Å². The van der Waals surface area contributed by atoms with Gasteiger partial charge in [-0.15, -0.1) is 0 Å². The number of hydrogen-bond acceptors (Lipinski definition) is 4. The molecule has 4 atom stereocenters. The second kappa shape index (κ2) is 9.67. The van der Waals surface area contributed by atoms with Crippen molar-refractivity contribution in [2.24, 2.45) is 5.92 Å². The Morgan fingerprint density at radius 1 is 1.19 bits per heavy atom. The van der Waals surface area contributed by atoms with Gasteiger partial charge in [0, 0.05) is 13.0 Å². The average Bonchev–Trinajstić information content (AvgIpc) is 2.68. The van der Waals surface area contributed by atoms with Gasteiger partial charge in [-0.25, -0.2) is 4.79 Å². The number of hydrogen-bond donors (Lipinski definition) is 1. The molecule has 1 aromatic rings. The van der Waals surface area contributed by atoms with Gasteiger partial charge in [0.25, 0.3) is 0 Å².